The van der Waals surface area contributed by atoms with Gasteiger partial charge in [0.15, 0.2) is 5.78 Å². The summed E-state index contributed by atoms with van der Waals surface area (Å²) in [5.41, 5.74) is 5.17. The topological polar surface area (TPSA) is 72.7 Å². The van der Waals surface area contributed by atoms with Crippen molar-refractivity contribution in [2.45, 2.75) is 56.0 Å². The standard InChI is InChI=1S/C24H25N5OS/c1-15(2)16-9-11-17(12-10-16)22-21-19(7-5-8-20(21)30)26-23-27-24(28-29(22)23)31-14-18-6-3-4-13-25-18/h3-4,6,9-13,15,22H,5,7-8,14H2,1-2H3,(H,26,27,28)/t22-/m0/s1. The third-order valence-corrected chi connectivity index (χ3v) is 6.71. The van der Waals surface area contributed by atoms with E-state index in [1.165, 1.54) is 5.56 Å². The van der Waals surface area contributed by atoms with Crippen molar-refractivity contribution in [3.63, 3.8) is 0 Å². The predicted octanol–water partition coefficient (Wildman–Crippen LogP) is 5.11. The lowest BCUT2D eigenvalue weighted by Gasteiger charge is -2.32. The van der Waals surface area contributed by atoms with E-state index in [2.05, 4.69) is 48.4 Å². The van der Waals surface area contributed by atoms with Gasteiger partial charge in [-0.05, 0) is 42.0 Å². The Morgan fingerprint density at radius 2 is 2.00 bits per heavy atom. The molecule has 0 radical (unpaired) electrons. The van der Waals surface area contributed by atoms with Gasteiger partial charge in [-0.3, -0.25) is 9.78 Å². The first kappa shape index (κ1) is 20.0. The number of carbonyl (C=O) groups is 1. The Morgan fingerprint density at radius 1 is 1.16 bits per heavy atom. The average Bonchev–Trinajstić information content (AvgIpc) is 3.20. The van der Waals surface area contributed by atoms with Crippen LogP contribution in [-0.2, 0) is 10.5 Å². The summed E-state index contributed by atoms with van der Waals surface area (Å²) in [6, 6.07) is 14.2. The van der Waals surface area contributed by atoms with Crippen LogP contribution in [0.1, 0.15) is 61.9 Å². The van der Waals surface area contributed by atoms with Gasteiger partial charge in [-0.15, -0.1) is 5.10 Å². The molecule has 1 N–H and O–H groups in total. The number of aromatic nitrogens is 4. The minimum atomic E-state index is -0.239. The van der Waals surface area contributed by atoms with Crippen molar-refractivity contribution in [3.05, 3.63) is 76.8 Å². The van der Waals surface area contributed by atoms with E-state index >= 15 is 0 Å². The molecule has 7 heteroatoms. The fraction of sp³-hybridized carbons (Fsp3) is 0.333. The van der Waals surface area contributed by atoms with Gasteiger partial charge in [0.1, 0.15) is 6.04 Å². The molecule has 1 aliphatic carbocycles. The zero-order valence-electron chi connectivity index (χ0n) is 17.7. The minimum absolute atomic E-state index is 0.204. The molecule has 0 amide bonds. The Hall–Kier alpha value is -2.93. The maximum absolute atomic E-state index is 12.9. The molecule has 1 aromatic carbocycles. The summed E-state index contributed by atoms with van der Waals surface area (Å²) in [7, 11) is 0. The van der Waals surface area contributed by atoms with E-state index in [-0.39, 0.29) is 11.8 Å². The van der Waals surface area contributed by atoms with Crippen LogP contribution in [0.4, 0.5) is 5.95 Å². The van der Waals surface area contributed by atoms with Crippen LogP contribution < -0.4 is 5.32 Å². The highest BCUT2D eigenvalue weighted by molar-refractivity contribution is 7.98. The molecule has 0 bridgehead atoms. The van der Waals surface area contributed by atoms with E-state index in [1.54, 1.807) is 18.0 Å². The number of hydrogen-bond donors (Lipinski definition) is 1. The molecule has 0 unspecified atom stereocenters. The Bertz CT molecular complexity index is 1130. The fourth-order valence-corrected chi connectivity index (χ4v) is 4.94. The number of allylic oxidation sites excluding steroid dienone is 2. The van der Waals surface area contributed by atoms with E-state index in [0.717, 1.165) is 35.4 Å². The monoisotopic (exact) mass is 431 g/mol. The first-order chi connectivity index (χ1) is 15.1. The van der Waals surface area contributed by atoms with Gasteiger partial charge in [0.05, 0.1) is 5.69 Å². The SMILES string of the molecule is CC(C)c1ccc([C@H]2C3=C(CCCC3=O)Nc3nc(SCc4ccccn4)nn32)cc1. The number of rotatable bonds is 5. The van der Waals surface area contributed by atoms with Gasteiger partial charge < -0.3 is 5.32 Å². The molecule has 3 heterocycles. The average molecular weight is 432 g/mol. The first-order valence-corrected chi connectivity index (χ1v) is 11.7. The van der Waals surface area contributed by atoms with Crippen LogP contribution in [0.15, 0.2) is 65.1 Å². The summed E-state index contributed by atoms with van der Waals surface area (Å²) in [6.45, 7) is 4.37. The van der Waals surface area contributed by atoms with Crippen molar-refractivity contribution in [1.29, 1.82) is 0 Å². The minimum Gasteiger partial charge on any atom is -0.328 e. The normalized spacial score (nSPS) is 18.0. The summed E-state index contributed by atoms with van der Waals surface area (Å²) >= 11 is 1.56. The van der Waals surface area contributed by atoms with Crippen LogP contribution in [0.2, 0.25) is 0 Å². The number of nitrogens with zero attached hydrogens (tertiary/aromatic N) is 4. The van der Waals surface area contributed by atoms with Gasteiger partial charge in [-0.1, -0.05) is 55.9 Å². The van der Waals surface area contributed by atoms with Gasteiger partial charge in [-0.25, -0.2) is 4.68 Å². The summed E-state index contributed by atoms with van der Waals surface area (Å²) in [5, 5.41) is 8.88. The lowest BCUT2D eigenvalue weighted by atomic mass is 9.85. The molecule has 2 aromatic heterocycles. The predicted molar refractivity (Wildman–Crippen MR) is 122 cm³/mol. The second-order valence-electron chi connectivity index (χ2n) is 8.29. The molecule has 6 nitrogen and oxygen atoms in total. The second kappa shape index (κ2) is 8.30. The Balaban J connectivity index is 1.51. The van der Waals surface area contributed by atoms with Crippen molar-refractivity contribution in [2.75, 3.05) is 5.32 Å². The fourth-order valence-electron chi connectivity index (χ4n) is 4.19. The van der Waals surface area contributed by atoms with Crippen molar-refractivity contribution >= 4 is 23.5 Å². The summed E-state index contributed by atoms with van der Waals surface area (Å²) < 4.78 is 1.88. The largest absolute Gasteiger partial charge is 0.328 e. The highest BCUT2D eigenvalue weighted by Gasteiger charge is 2.36. The van der Waals surface area contributed by atoms with Crippen LogP contribution in [0.25, 0.3) is 0 Å². The molecule has 0 fully saturated rings. The Morgan fingerprint density at radius 3 is 2.74 bits per heavy atom. The molecule has 1 aliphatic heterocycles. The van der Waals surface area contributed by atoms with Gasteiger partial charge in [0, 0.05) is 29.6 Å². The van der Waals surface area contributed by atoms with Crippen molar-refractivity contribution in [1.82, 2.24) is 19.7 Å². The van der Waals surface area contributed by atoms with Crippen molar-refractivity contribution in [2.24, 2.45) is 0 Å². The molecule has 1 atom stereocenters. The molecular weight excluding hydrogens is 406 g/mol. The van der Waals surface area contributed by atoms with E-state index < -0.39 is 0 Å². The summed E-state index contributed by atoms with van der Waals surface area (Å²) in [6.07, 6.45) is 4.12. The van der Waals surface area contributed by atoms with Crippen molar-refractivity contribution in [3.8, 4) is 0 Å². The van der Waals surface area contributed by atoms with E-state index in [4.69, 9.17) is 10.1 Å². The Labute approximate surface area is 186 Å². The number of benzene rings is 1. The summed E-state index contributed by atoms with van der Waals surface area (Å²) in [4.78, 5) is 22.1. The number of thioether (sulfide) groups is 1. The Kier molecular flexibility index (Phi) is 5.36. The smallest absolute Gasteiger partial charge is 0.227 e. The molecular formula is C24H25N5OS. The summed E-state index contributed by atoms with van der Waals surface area (Å²) in [5.74, 6) is 2.07. The maximum Gasteiger partial charge on any atom is 0.227 e. The van der Waals surface area contributed by atoms with Crippen LogP contribution in [0.3, 0.4) is 0 Å². The quantitative estimate of drug-likeness (QED) is 0.566. The molecule has 0 spiro atoms. The lowest BCUT2D eigenvalue weighted by molar-refractivity contribution is -0.116. The van der Waals surface area contributed by atoms with E-state index in [1.807, 2.05) is 22.9 Å². The molecule has 0 saturated carbocycles. The number of ketones is 1. The number of hydrogen-bond acceptors (Lipinski definition) is 6. The number of carbonyl (C=O) groups excluding carboxylic acids is 1. The molecule has 31 heavy (non-hydrogen) atoms. The van der Waals surface area contributed by atoms with Gasteiger partial charge in [-0.2, -0.15) is 4.98 Å². The van der Waals surface area contributed by atoms with E-state index in [9.17, 15) is 4.79 Å². The maximum atomic E-state index is 12.9. The van der Waals surface area contributed by atoms with Gasteiger partial charge >= 0.3 is 0 Å². The third-order valence-electron chi connectivity index (χ3n) is 5.84. The van der Waals surface area contributed by atoms with Gasteiger partial charge in [0.25, 0.3) is 0 Å². The number of Topliss-reactive ketones (excluding diaryl/α,β-unsaturated/α-hetero) is 1. The molecule has 2 aliphatic rings. The lowest BCUT2D eigenvalue weighted by Crippen LogP contribution is -2.31. The molecule has 158 valence electrons. The number of nitrogens with one attached hydrogen (secondary N) is 1. The number of pyridine rings is 1. The number of fused-ring (bicyclic) bond motifs is 1. The van der Waals surface area contributed by atoms with Crippen LogP contribution in [-0.4, -0.2) is 25.5 Å². The van der Waals surface area contributed by atoms with Crippen molar-refractivity contribution < 1.29 is 4.79 Å². The molecule has 5 rings (SSSR count). The van der Waals surface area contributed by atoms with Crippen LogP contribution >= 0.6 is 11.8 Å². The molecule has 0 saturated heterocycles. The zero-order chi connectivity index (χ0) is 21.4. The number of anilines is 1. The van der Waals surface area contributed by atoms with Gasteiger partial charge in [0.2, 0.25) is 11.1 Å². The molecule has 3 aromatic rings. The zero-order valence-corrected chi connectivity index (χ0v) is 18.5. The van der Waals surface area contributed by atoms with Crippen LogP contribution in [0.5, 0.6) is 0 Å². The van der Waals surface area contributed by atoms with Crippen LogP contribution in [0, 0.1) is 0 Å². The highest BCUT2D eigenvalue weighted by atomic mass is 32.2. The highest BCUT2D eigenvalue weighted by Crippen LogP contribution is 2.40. The third kappa shape index (κ3) is 3.90. The first-order valence-electron chi connectivity index (χ1n) is 10.7. The second-order valence-corrected chi connectivity index (χ2v) is 9.23. The van der Waals surface area contributed by atoms with E-state index in [0.29, 0.717) is 29.2 Å².